The van der Waals surface area contributed by atoms with Crippen molar-refractivity contribution in [2.24, 2.45) is 5.73 Å². The number of hydrogen-bond donors (Lipinski definition) is 2. The fourth-order valence-corrected chi connectivity index (χ4v) is 1.47. The van der Waals surface area contributed by atoms with Gasteiger partial charge in [0.1, 0.15) is 8.07 Å². The largest absolute Gasteiger partial charge is 0.390 e. The first-order valence-corrected chi connectivity index (χ1v) is 8.33. The predicted molar refractivity (Wildman–Crippen MR) is 60.0 cm³/mol. The summed E-state index contributed by atoms with van der Waals surface area (Å²) in [4.78, 5) is 0. The first kappa shape index (κ1) is 12.7. The number of rotatable bonds is 3. The van der Waals surface area contributed by atoms with Gasteiger partial charge in [0.15, 0.2) is 0 Å². The highest BCUT2D eigenvalue weighted by molar-refractivity contribution is 6.83. The van der Waals surface area contributed by atoms with E-state index < -0.39 is 14.2 Å². The van der Waals surface area contributed by atoms with E-state index in [-0.39, 0.29) is 6.04 Å². The van der Waals surface area contributed by atoms with Gasteiger partial charge < -0.3 is 10.8 Å². The molecule has 2 nitrogen and oxygen atoms in total. The molecule has 2 unspecified atom stereocenters. The molecule has 0 bridgehead atoms. The Kier molecular flexibility index (Phi) is 5.31. The van der Waals surface area contributed by atoms with Crippen LogP contribution in [0.2, 0.25) is 19.6 Å². The highest BCUT2D eigenvalue weighted by atomic mass is 28.3. The summed E-state index contributed by atoms with van der Waals surface area (Å²) in [5, 5.41) is 9.50. The van der Waals surface area contributed by atoms with Crippen molar-refractivity contribution in [1.29, 1.82) is 0 Å². The van der Waals surface area contributed by atoms with Crippen molar-refractivity contribution >= 4 is 8.07 Å². The van der Waals surface area contributed by atoms with Crippen molar-refractivity contribution in [2.75, 3.05) is 0 Å². The van der Waals surface area contributed by atoms with Gasteiger partial charge in [0.2, 0.25) is 0 Å². The number of nitrogens with two attached hydrogens (primary N) is 1. The van der Waals surface area contributed by atoms with Crippen molar-refractivity contribution < 1.29 is 5.11 Å². The van der Waals surface area contributed by atoms with Gasteiger partial charge in [-0.15, -0.1) is 5.54 Å². The summed E-state index contributed by atoms with van der Waals surface area (Å²) in [5.41, 5.74) is 8.87. The highest BCUT2D eigenvalue weighted by Gasteiger charge is 2.12. The second-order valence-corrected chi connectivity index (χ2v) is 9.15. The van der Waals surface area contributed by atoms with Gasteiger partial charge in [0.25, 0.3) is 0 Å². The van der Waals surface area contributed by atoms with Gasteiger partial charge >= 0.3 is 0 Å². The molecule has 0 aliphatic carbocycles. The summed E-state index contributed by atoms with van der Waals surface area (Å²) >= 11 is 0. The lowest BCUT2D eigenvalue weighted by atomic mass is 10.1. The molecule has 0 saturated heterocycles. The molecule has 0 aromatic carbocycles. The second kappa shape index (κ2) is 5.43. The quantitative estimate of drug-likeness (QED) is 0.532. The van der Waals surface area contributed by atoms with Crippen molar-refractivity contribution in [3.8, 4) is 11.5 Å². The van der Waals surface area contributed by atoms with Crippen LogP contribution >= 0.6 is 0 Å². The molecule has 76 valence electrons. The molecule has 0 amide bonds. The molecule has 2 atom stereocenters. The summed E-state index contributed by atoms with van der Waals surface area (Å²) in [6.07, 6.45) is 1.22. The van der Waals surface area contributed by atoms with Crippen LogP contribution in [0.25, 0.3) is 0 Å². The van der Waals surface area contributed by atoms with E-state index in [0.29, 0.717) is 0 Å². The minimum atomic E-state index is -1.34. The zero-order valence-corrected chi connectivity index (χ0v) is 10.1. The van der Waals surface area contributed by atoms with Gasteiger partial charge in [-0.05, 0) is 6.42 Å². The SMILES string of the molecule is CCCC(O)C(N)C#C[Si](C)(C)C. The van der Waals surface area contributed by atoms with Crippen LogP contribution < -0.4 is 5.73 Å². The van der Waals surface area contributed by atoms with E-state index in [2.05, 4.69) is 31.1 Å². The molecule has 0 aromatic heterocycles. The number of hydrogen-bond acceptors (Lipinski definition) is 2. The Hall–Kier alpha value is -0.303. The lowest BCUT2D eigenvalue weighted by molar-refractivity contribution is 0.152. The zero-order valence-electron chi connectivity index (χ0n) is 9.09. The van der Waals surface area contributed by atoms with Gasteiger partial charge in [-0.1, -0.05) is 38.9 Å². The molecule has 0 aliphatic heterocycles. The Morgan fingerprint density at radius 3 is 2.31 bits per heavy atom. The smallest absolute Gasteiger partial charge is 0.129 e. The van der Waals surface area contributed by atoms with Gasteiger partial charge in [-0.25, -0.2) is 0 Å². The van der Waals surface area contributed by atoms with Crippen LogP contribution in [-0.2, 0) is 0 Å². The van der Waals surface area contributed by atoms with Crippen LogP contribution in [0, 0.1) is 11.5 Å². The molecular weight excluding hydrogens is 178 g/mol. The van der Waals surface area contributed by atoms with E-state index >= 15 is 0 Å². The van der Waals surface area contributed by atoms with E-state index in [4.69, 9.17) is 5.73 Å². The Bertz CT molecular complexity index is 199. The fourth-order valence-electron chi connectivity index (χ4n) is 0.871. The summed E-state index contributed by atoms with van der Waals surface area (Å²) in [6, 6.07) is -0.369. The molecule has 0 heterocycles. The van der Waals surface area contributed by atoms with Crippen molar-refractivity contribution in [3.63, 3.8) is 0 Å². The van der Waals surface area contributed by atoms with E-state index in [0.717, 1.165) is 12.8 Å². The molecule has 0 rings (SSSR count). The molecule has 0 aliphatic rings. The van der Waals surface area contributed by atoms with Crippen LogP contribution in [0.3, 0.4) is 0 Å². The average molecular weight is 199 g/mol. The summed E-state index contributed by atoms with van der Waals surface area (Å²) in [7, 11) is -1.34. The maximum absolute atomic E-state index is 9.50. The molecule has 0 fully saturated rings. The number of aliphatic hydroxyl groups excluding tert-OH is 1. The van der Waals surface area contributed by atoms with Gasteiger partial charge in [-0.3, -0.25) is 0 Å². The zero-order chi connectivity index (χ0) is 10.5. The summed E-state index contributed by atoms with van der Waals surface area (Å²) in [5.74, 6) is 2.95. The molecule has 0 saturated carbocycles. The topological polar surface area (TPSA) is 46.2 Å². The Morgan fingerprint density at radius 2 is 1.92 bits per heavy atom. The van der Waals surface area contributed by atoms with Gasteiger partial charge in [0.05, 0.1) is 12.1 Å². The third-order valence-corrected chi connectivity index (χ3v) is 2.51. The van der Waals surface area contributed by atoms with E-state index in [1.165, 1.54) is 0 Å². The van der Waals surface area contributed by atoms with Crippen molar-refractivity contribution in [3.05, 3.63) is 0 Å². The molecule has 0 aromatic rings. The van der Waals surface area contributed by atoms with Crippen molar-refractivity contribution in [2.45, 2.75) is 51.6 Å². The van der Waals surface area contributed by atoms with Crippen LogP contribution in [0.5, 0.6) is 0 Å². The fraction of sp³-hybridized carbons (Fsp3) is 0.800. The Labute approximate surface area is 82.5 Å². The average Bonchev–Trinajstić information content (AvgIpc) is 1.99. The van der Waals surface area contributed by atoms with E-state index in [1.54, 1.807) is 0 Å². The van der Waals surface area contributed by atoms with Gasteiger partial charge in [-0.2, -0.15) is 0 Å². The van der Waals surface area contributed by atoms with Crippen molar-refractivity contribution in [1.82, 2.24) is 0 Å². The standard InChI is InChI=1S/C10H21NOSi/c1-5-6-10(12)9(11)7-8-13(2,3)4/h9-10,12H,5-6,11H2,1-4H3. The van der Waals surface area contributed by atoms with Crippen LogP contribution in [0.1, 0.15) is 19.8 Å². The first-order chi connectivity index (χ1) is 5.87. The maximum atomic E-state index is 9.50. The lowest BCUT2D eigenvalue weighted by Gasteiger charge is -2.13. The summed E-state index contributed by atoms with van der Waals surface area (Å²) < 4.78 is 0. The Balaban J connectivity index is 4.10. The molecule has 3 N–H and O–H groups in total. The van der Waals surface area contributed by atoms with Gasteiger partial charge in [0, 0.05) is 0 Å². The summed E-state index contributed by atoms with van der Waals surface area (Å²) in [6.45, 7) is 8.53. The van der Waals surface area contributed by atoms with Crippen LogP contribution in [-0.4, -0.2) is 25.3 Å². The maximum Gasteiger partial charge on any atom is 0.129 e. The highest BCUT2D eigenvalue weighted by Crippen LogP contribution is 2.01. The minimum Gasteiger partial charge on any atom is -0.390 e. The second-order valence-electron chi connectivity index (χ2n) is 4.40. The molecule has 0 radical (unpaired) electrons. The molecule has 3 heteroatoms. The van der Waals surface area contributed by atoms with Crippen LogP contribution in [0.15, 0.2) is 0 Å². The van der Waals surface area contributed by atoms with E-state index in [1.807, 2.05) is 6.92 Å². The number of aliphatic hydroxyl groups is 1. The van der Waals surface area contributed by atoms with Crippen LogP contribution in [0.4, 0.5) is 0 Å². The molecule has 13 heavy (non-hydrogen) atoms. The normalized spacial score (nSPS) is 15.8. The third-order valence-electron chi connectivity index (χ3n) is 1.61. The predicted octanol–water partition coefficient (Wildman–Crippen LogP) is 1.36. The minimum absolute atomic E-state index is 0.369. The first-order valence-electron chi connectivity index (χ1n) is 4.83. The monoisotopic (exact) mass is 199 g/mol. The van der Waals surface area contributed by atoms with E-state index in [9.17, 15) is 5.11 Å². The Morgan fingerprint density at radius 1 is 1.38 bits per heavy atom. The molecular formula is C10H21NOSi. The lowest BCUT2D eigenvalue weighted by Crippen LogP contribution is -2.33. The molecule has 0 spiro atoms. The third kappa shape index (κ3) is 6.82.